The summed E-state index contributed by atoms with van der Waals surface area (Å²) < 4.78 is 7.19. The van der Waals surface area contributed by atoms with Crippen LogP contribution >= 0.6 is 24.0 Å². The molecule has 2 heterocycles. The lowest BCUT2D eigenvalue weighted by Gasteiger charge is -2.34. The second-order valence-electron chi connectivity index (χ2n) is 6.54. The van der Waals surface area contributed by atoms with Gasteiger partial charge in [0.15, 0.2) is 5.96 Å². The monoisotopic (exact) mass is 497 g/mol. The predicted octanol–water partition coefficient (Wildman–Crippen LogP) is 2.84. The van der Waals surface area contributed by atoms with E-state index >= 15 is 0 Å². The average molecular weight is 497 g/mol. The van der Waals surface area contributed by atoms with Gasteiger partial charge in [-0.25, -0.2) is 4.98 Å². The number of aliphatic imine (C=N–C) groups is 1. The van der Waals surface area contributed by atoms with Crippen molar-refractivity contribution < 1.29 is 9.53 Å². The lowest BCUT2D eigenvalue weighted by atomic mass is 9.98. The number of ether oxygens (including phenoxy) is 1. The number of piperidine rings is 1. The molecule has 8 heteroatoms. The standard InChI is InChI=1S/C20H27N5O2.HI/c1-3-27-19(26)17-8-6-11-24(14-17)20(21-2)23-13-16-7-4-5-9-18(16)25-12-10-22-15-25;/h4-5,7,9-10,12,15,17H,3,6,8,11,13-14H2,1-2H3,(H,21,23);1H. The molecule has 1 unspecified atom stereocenters. The molecule has 152 valence electrons. The number of likely N-dealkylation sites (tertiary alicyclic amines) is 1. The highest BCUT2D eigenvalue weighted by atomic mass is 127. The lowest BCUT2D eigenvalue weighted by Crippen LogP contribution is -2.48. The first-order valence-corrected chi connectivity index (χ1v) is 9.41. The number of nitrogens with one attached hydrogen (secondary N) is 1. The molecule has 0 radical (unpaired) electrons. The minimum atomic E-state index is -0.108. The van der Waals surface area contributed by atoms with Crippen molar-refractivity contribution in [3.63, 3.8) is 0 Å². The minimum absolute atomic E-state index is 0. The molecule has 0 saturated carbocycles. The molecule has 0 aliphatic carbocycles. The number of carbonyl (C=O) groups is 1. The van der Waals surface area contributed by atoms with E-state index in [2.05, 4.69) is 32.3 Å². The van der Waals surface area contributed by atoms with Crippen LogP contribution in [0.15, 0.2) is 48.0 Å². The van der Waals surface area contributed by atoms with Crippen molar-refractivity contribution in [3.8, 4) is 5.69 Å². The maximum absolute atomic E-state index is 12.1. The number of benzene rings is 1. The van der Waals surface area contributed by atoms with Gasteiger partial charge in [0.05, 0.1) is 24.5 Å². The highest BCUT2D eigenvalue weighted by Crippen LogP contribution is 2.19. The molecule has 1 atom stereocenters. The van der Waals surface area contributed by atoms with Crippen LogP contribution in [0.4, 0.5) is 0 Å². The molecular formula is C20H28IN5O2. The second-order valence-corrected chi connectivity index (χ2v) is 6.54. The molecule has 28 heavy (non-hydrogen) atoms. The van der Waals surface area contributed by atoms with E-state index in [1.165, 1.54) is 0 Å². The Bertz CT molecular complexity index is 779. The van der Waals surface area contributed by atoms with Crippen molar-refractivity contribution in [2.75, 3.05) is 26.7 Å². The molecule has 1 aromatic carbocycles. The minimum Gasteiger partial charge on any atom is -0.466 e. The van der Waals surface area contributed by atoms with Crippen molar-refractivity contribution in [1.29, 1.82) is 0 Å². The molecule has 1 aromatic heterocycles. The number of esters is 1. The number of hydrogen-bond acceptors (Lipinski definition) is 4. The molecule has 3 rings (SSSR count). The van der Waals surface area contributed by atoms with Crippen LogP contribution in [0.2, 0.25) is 0 Å². The summed E-state index contributed by atoms with van der Waals surface area (Å²) in [5.41, 5.74) is 2.23. The Morgan fingerprint density at radius 2 is 2.21 bits per heavy atom. The Morgan fingerprint density at radius 1 is 1.39 bits per heavy atom. The van der Waals surface area contributed by atoms with Gasteiger partial charge in [0.1, 0.15) is 0 Å². The average Bonchev–Trinajstić information content (AvgIpc) is 3.24. The largest absolute Gasteiger partial charge is 0.466 e. The van der Waals surface area contributed by atoms with E-state index < -0.39 is 0 Å². The van der Waals surface area contributed by atoms with E-state index in [4.69, 9.17) is 4.74 Å². The fourth-order valence-corrected chi connectivity index (χ4v) is 3.44. The topological polar surface area (TPSA) is 71.8 Å². The maximum atomic E-state index is 12.1. The Hall–Kier alpha value is -2.10. The van der Waals surface area contributed by atoms with Crippen LogP contribution in [0.3, 0.4) is 0 Å². The van der Waals surface area contributed by atoms with Gasteiger partial charge in [-0.15, -0.1) is 24.0 Å². The second kappa shape index (κ2) is 11.0. The SMILES string of the molecule is CCOC(=O)C1CCCN(C(=NC)NCc2ccccc2-n2ccnc2)C1.I. The molecule has 7 nitrogen and oxygen atoms in total. The van der Waals surface area contributed by atoms with Crippen LogP contribution in [0.1, 0.15) is 25.3 Å². The summed E-state index contributed by atoms with van der Waals surface area (Å²) in [7, 11) is 1.78. The van der Waals surface area contributed by atoms with Gasteiger partial charge < -0.3 is 19.5 Å². The molecule has 0 bridgehead atoms. The number of aromatic nitrogens is 2. The van der Waals surface area contributed by atoms with E-state index in [-0.39, 0.29) is 35.9 Å². The summed E-state index contributed by atoms with van der Waals surface area (Å²) in [6.45, 7) is 4.44. The van der Waals surface area contributed by atoms with E-state index in [1.54, 1.807) is 19.6 Å². The zero-order chi connectivity index (χ0) is 19.1. The normalized spacial score (nSPS) is 17.0. The van der Waals surface area contributed by atoms with Gasteiger partial charge in [-0.2, -0.15) is 0 Å². The molecule has 1 N–H and O–H groups in total. The number of guanidine groups is 1. The van der Waals surface area contributed by atoms with Crippen LogP contribution in [-0.2, 0) is 16.1 Å². The zero-order valence-electron chi connectivity index (χ0n) is 16.4. The van der Waals surface area contributed by atoms with Gasteiger partial charge in [-0.05, 0) is 31.4 Å². The summed E-state index contributed by atoms with van der Waals surface area (Å²) in [5.74, 6) is 0.614. The van der Waals surface area contributed by atoms with Gasteiger partial charge in [-0.1, -0.05) is 18.2 Å². The quantitative estimate of drug-likeness (QED) is 0.298. The fraction of sp³-hybridized carbons (Fsp3) is 0.450. The summed E-state index contributed by atoms with van der Waals surface area (Å²) >= 11 is 0. The summed E-state index contributed by atoms with van der Waals surface area (Å²) in [4.78, 5) is 22.8. The third-order valence-corrected chi connectivity index (χ3v) is 4.76. The van der Waals surface area contributed by atoms with Gasteiger partial charge >= 0.3 is 5.97 Å². The lowest BCUT2D eigenvalue weighted by molar-refractivity contribution is -0.149. The first-order chi connectivity index (χ1) is 13.2. The number of rotatable bonds is 5. The summed E-state index contributed by atoms with van der Waals surface area (Å²) in [6.07, 6.45) is 7.32. The third-order valence-electron chi connectivity index (χ3n) is 4.76. The van der Waals surface area contributed by atoms with Gasteiger partial charge in [0.2, 0.25) is 0 Å². The van der Waals surface area contributed by atoms with Crippen LogP contribution in [0.5, 0.6) is 0 Å². The number of imidazole rings is 1. The van der Waals surface area contributed by atoms with Gasteiger partial charge in [0, 0.05) is 39.1 Å². The first kappa shape index (κ1) is 22.2. The fourth-order valence-electron chi connectivity index (χ4n) is 3.44. The Morgan fingerprint density at radius 3 is 2.93 bits per heavy atom. The first-order valence-electron chi connectivity index (χ1n) is 9.41. The van der Waals surface area contributed by atoms with E-state index in [0.717, 1.165) is 36.6 Å². The Labute approximate surface area is 183 Å². The van der Waals surface area contributed by atoms with E-state index in [9.17, 15) is 4.79 Å². The molecular weight excluding hydrogens is 469 g/mol. The number of halogens is 1. The van der Waals surface area contributed by atoms with Crippen LogP contribution in [-0.4, -0.2) is 53.1 Å². The number of carbonyl (C=O) groups excluding carboxylic acids is 1. The molecule has 0 spiro atoms. The number of hydrogen-bond donors (Lipinski definition) is 1. The van der Waals surface area contributed by atoms with Crippen molar-refractivity contribution >= 4 is 35.9 Å². The maximum Gasteiger partial charge on any atom is 0.310 e. The zero-order valence-corrected chi connectivity index (χ0v) is 18.7. The molecule has 1 saturated heterocycles. The smallest absolute Gasteiger partial charge is 0.310 e. The third kappa shape index (κ3) is 5.46. The Kier molecular flexibility index (Phi) is 8.75. The van der Waals surface area contributed by atoms with Crippen molar-refractivity contribution in [1.82, 2.24) is 19.8 Å². The van der Waals surface area contributed by atoms with Gasteiger partial charge in [-0.3, -0.25) is 9.79 Å². The van der Waals surface area contributed by atoms with E-state index in [0.29, 0.717) is 19.7 Å². The predicted molar refractivity (Wildman–Crippen MR) is 120 cm³/mol. The van der Waals surface area contributed by atoms with Crippen LogP contribution in [0.25, 0.3) is 5.69 Å². The van der Waals surface area contributed by atoms with Gasteiger partial charge in [0.25, 0.3) is 0 Å². The molecule has 2 aromatic rings. The highest BCUT2D eigenvalue weighted by molar-refractivity contribution is 14.0. The number of nitrogens with zero attached hydrogens (tertiary/aromatic N) is 4. The highest BCUT2D eigenvalue weighted by Gasteiger charge is 2.28. The Balaban J connectivity index is 0.00000280. The van der Waals surface area contributed by atoms with Crippen LogP contribution < -0.4 is 5.32 Å². The molecule has 0 amide bonds. The molecule has 1 aliphatic rings. The van der Waals surface area contributed by atoms with E-state index in [1.807, 2.05) is 29.8 Å². The molecule has 1 fully saturated rings. The summed E-state index contributed by atoms with van der Waals surface area (Å²) in [6, 6.07) is 8.20. The van der Waals surface area contributed by atoms with Crippen molar-refractivity contribution in [2.24, 2.45) is 10.9 Å². The number of para-hydroxylation sites is 1. The summed E-state index contributed by atoms with van der Waals surface area (Å²) in [5, 5.41) is 3.44. The van der Waals surface area contributed by atoms with Crippen molar-refractivity contribution in [2.45, 2.75) is 26.3 Å². The van der Waals surface area contributed by atoms with Crippen molar-refractivity contribution in [3.05, 3.63) is 48.5 Å². The van der Waals surface area contributed by atoms with Crippen LogP contribution in [0, 0.1) is 5.92 Å². The molecule has 1 aliphatic heterocycles.